The van der Waals surface area contributed by atoms with Crippen molar-refractivity contribution in [2.75, 3.05) is 6.61 Å². The van der Waals surface area contributed by atoms with Crippen molar-refractivity contribution < 1.29 is 24.9 Å². The predicted molar refractivity (Wildman–Crippen MR) is 82.5 cm³/mol. The Morgan fingerprint density at radius 1 is 1.04 bits per heavy atom. The van der Waals surface area contributed by atoms with Gasteiger partial charge in [0.25, 0.3) is 0 Å². The van der Waals surface area contributed by atoms with Gasteiger partial charge in [-0.1, -0.05) is 6.07 Å². The van der Waals surface area contributed by atoms with Gasteiger partial charge in [0, 0.05) is 19.0 Å². The van der Waals surface area contributed by atoms with E-state index >= 15 is 0 Å². The quantitative estimate of drug-likeness (QED) is 0.768. The summed E-state index contributed by atoms with van der Waals surface area (Å²) in [7, 11) is 0. The highest BCUT2D eigenvalue weighted by atomic mass is 16.4. The molecule has 0 spiro atoms. The molecule has 0 aliphatic rings. The van der Waals surface area contributed by atoms with Crippen LogP contribution in [-0.4, -0.2) is 43.8 Å². The van der Waals surface area contributed by atoms with Crippen LogP contribution in [0.2, 0.25) is 0 Å². The maximum atomic E-state index is 10.6. The molecule has 0 bridgehead atoms. The first-order valence-electron chi connectivity index (χ1n) is 6.88. The number of benzene rings is 1. The molecule has 3 N–H and O–H groups in total. The summed E-state index contributed by atoms with van der Waals surface area (Å²) in [5, 5.41) is 25.8. The maximum absolute atomic E-state index is 10.6. The molecule has 0 amide bonds. The number of rotatable bonds is 5. The maximum Gasteiger partial charge on any atom is 0.335 e. The number of carbonyl (C=O) groups is 2. The fourth-order valence-electron chi connectivity index (χ4n) is 1.84. The average molecular weight is 318 g/mol. The molecule has 1 aromatic carbocycles. The highest BCUT2D eigenvalue weighted by molar-refractivity contribution is 5.96. The Morgan fingerprint density at radius 3 is 2.00 bits per heavy atom. The number of aromatic nitrogens is 2. The van der Waals surface area contributed by atoms with Crippen molar-refractivity contribution in [2.45, 2.75) is 19.8 Å². The monoisotopic (exact) mass is 318 g/mol. The van der Waals surface area contributed by atoms with Crippen molar-refractivity contribution in [3.8, 4) is 0 Å². The van der Waals surface area contributed by atoms with E-state index in [1.165, 1.54) is 31.5 Å². The molecule has 0 fully saturated rings. The third kappa shape index (κ3) is 5.84. The minimum absolute atomic E-state index is 0.0277. The summed E-state index contributed by atoms with van der Waals surface area (Å²) in [6.45, 7) is 1.71. The molecule has 7 heteroatoms. The first-order chi connectivity index (χ1) is 11.0. The highest BCUT2D eigenvalue weighted by Gasteiger charge is 2.13. The van der Waals surface area contributed by atoms with Crippen molar-refractivity contribution >= 4 is 11.9 Å². The molecule has 0 radical (unpaired) electrons. The van der Waals surface area contributed by atoms with E-state index in [0.29, 0.717) is 0 Å². The Morgan fingerprint density at radius 2 is 1.57 bits per heavy atom. The summed E-state index contributed by atoms with van der Waals surface area (Å²) in [5.41, 5.74) is 1.42. The number of nitrogens with zero attached hydrogens (tertiary/aromatic N) is 2. The van der Waals surface area contributed by atoms with Gasteiger partial charge in [0.2, 0.25) is 0 Å². The second-order valence-electron chi connectivity index (χ2n) is 4.66. The fourth-order valence-corrected chi connectivity index (χ4v) is 1.84. The van der Waals surface area contributed by atoms with Crippen LogP contribution in [0.5, 0.6) is 0 Å². The number of hydrogen-bond acceptors (Lipinski definition) is 5. The average Bonchev–Trinajstić information content (AvgIpc) is 2.54. The van der Waals surface area contributed by atoms with E-state index in [1.807, 2.05) is 0 Å². The van der Waals surface area contributed by atoms with Crippen molar-refractivity contribution in [2.24, 2.45) is 0 Å². The molecule has 1 aromatic heterocycles. The van der Waals surface area contributed by atoms with Crippen LogP contribution < -0.4 is 0 Å². The molecule has 2 rings (SSSR count). The van der Waals surface area contributed by atoms with Crippen molar-refractivity contribution in [1.82, 2.24) is 9.97 Å². The van der Waals surface area contributed by atoms with Gasteiger partial charge in [-0.15, -0.1) is 0 Å². The van der Waals surface area contributed by atoms with Crippen molar-refractivity contribution in [3.05, 3.63) is 59.2 Å². The SMILES string of the molecule is Cc1c(C(=O)O)cccc1C(=O)O.OCCCc1cncnc1. The molecule has 122 valence electrons. The lowest BCUT2D eigenvalue weighted by Gasteiger charge is -2.03. The van der Waals surface area contributed by atoms with Gasteiger partial charge in [-0.05, 0) is 43.0 Å². The molecule has 2 aromatic rings. The zero-order chi connectivity index (χ0) is 17.2. The number of hydrogen-bond donors (Lipinski definition) is 3. The number of carboxylic acids is 2. The fraction of sp³-hybridized carbons (Fsp3) is 0.250. The third-order valence-corrected chi connectivity index (χ3v) is 3.03. The molecule has 7 nitrogen and oxygen atoms in total. The van der Waals surface area contributed by atoms with Crippen LogP contribution in [-0.2, 0) is 6.42 Å². The number of aliphatic hydroxyl groups excluding tert-OH is 1. The molecule has 0 saturated carbocycles. The summed E-state index contributed by atoms with van der Waals surface area (Å²) in [5.74, 6) is -2.22. The Hall–Kier alpha value is -2.80. The van der Waals surface area contributed by atoms with E-state index in [0.717, 1.165) is 18.4 Å². The molecule has 0 atom stereocenters. The number of carboxylic acid groups (broad SMARTS) is 2. The van der Waals surface area contributed by atoms with Gasteiger partial charge >= 0.3 is 11.9 Å². The van der Waals surface area contributed by atoms with Crippen molar-refractivity contribution in [1.29, 1.82) is 0 Å². The second-order valence-corrected chi connectivity index (χ2v) is 4.66. The molecule has 0 aliphatic heterocycles. The van der Waals surface area contributed by atoms with Gasteiger partial charge in [-0.3, -0.25) is 0 Å². The van der Waals surface area contributed by atoms with Crippen LogP contribution >= 0.6 is 0 Å². The summed E-state index contributed by atoms with van der Waals surface area (Å²) >= 11 is 0. The summed E-state index contributed by atoms with van der Waals surface area (Å²) in [6, 6.07) is 4.17. The molecule has 1 heterocycles. The van der Waals surface area contributed by atoms with E-state index < -0.39 is 11.9 Å². The predicted octanol–water partition coefficient (Wildman–Crippen LogP) is 1.79. The van der Waals surface area contributed by atoms with E-state index in [1.54, 1.807) is 12.4 Å². The smallest absolute Gasteiger partial charge is 0.335 e. The number of aliphatic hydroxyl groups is 1. The van der Waals surface area contributed by atoms with Gasteiger partial charge in [0.1, 0.15) is 6.33 Å². The van der Waals surface area contributed by atoms with E-state index in [9.17, 15) is 9.59 Å². The van der Waals surface area contributed by atoms with E-state index in [2.05, 4.69) is 9.97 Å². The van der Waals surface area contributed by atoms with Gasteiger partial charge in [0.15, 0.2) is 0 Å². The van der Waals surface area contributed by atoms with Crippen LogP contribution in [0, 0.1) is 6.92 Å². The number of aryl methyl sites for hydroxylation is 1. The molecular weight excluding hydrogens is 300 g/mol. The second kappa shape index (κ2) is 9.26. The van der Waals surface area contributed by atoms with Crippen LogP contribution in [0.25, 0.3) is 0 Å². The molecule has 0 aliphatic carbocycles. The Kier molecular flexibility index (Phi) is 7.35. The zero-order valence-electron chi connectivity index (χ0n) is 12.6. The standard InChI is InChI=1S/C9H8O4.C7H10N2O/c1-5-6(8(10)11)3-2-4-7(5)9(12)13;10-3-1-2-7-4-8-6-9-5-7/h2-4H,1H3,(H,10,11)(H,12,13);4-6,10H,1-3H2. The third-order valence-electron chi connectivity index (χ3n) is 3.03. The van der Waals surface area contributed by atoms with Crippen LogP contribution in [0.1, 0.15) is 38.3 Å². The van der Waals surface area contributed by atoms with Crippen LogP contribution in [0.3, 0.4) is 0 Å². The van der Waals surface area contributed by atoms with E-state index in [-0.39, 0.29) is 23.3 Å². The van der Waals surface area contributed by atoms with Crippen LogP contribution in [0.15, 0.2) is 36.9 Å². The topological polar surface area (TPSA) is 121 Å². The Bertz CT molecular complexity index is 627. The minimum Gasteiger partial charge on any atom is -0.478 e. The van der Waals surface area contributed by atoms with Gasteiger partial charge < -0.3 is 15.3 Å². The first kappa shape index (κ1) is 18.2. The van der Waals surface area contributed by atoms with Gasteiger partial charge in [-0.2, -0.15) is 0 Å². The lowest BCUT2D eigenvalue weighted by molar-refractivity contribution is 0.0696. The zero-order valence-corrected chi connectivity index (χ0v) is 12.6. The van der Waals surface area contributed by atoms with E-state index in [4.69, 9.17) is 15.3 Å². The normalized spacial score (nSPS) is 9.65. The van der Waals surface area contributed by atoms with Gasteiger partial charge in [-0.25, -0.2) is 19.6 Å². The lowest BCUT2D eigenvalue weighted by Crippen LogP contribution is -2.06. The summed E-state index contributed by atoms with van der Waals surface area (Å²) in [6.07, 6.45) is 6.68. The Balaban J connectivity index is 0.000000238. The largest absolute Gasteiger partial charge is 0.478 e. The minimum atomic E-state index is -1.11. The Labute approximate surface area is 133 Å². The van der Waals surface area contributed by atoms with Crippen LogP contribution in [0.4, 0.5) is 0 Å². The molecule has 0 saturated heterocycles. The molecule has 23 heavy (non-hydrogen) atoms. The first-order valence-corrected chi connectivity index (χ1v) is 6.88. The highest BCUT2D eigenvalue weighted by Crippen LogP contribution is 2.13. The van der Waals surface area contributed by atoms with Crippen molar-refractivity contribution in [3.63, 3.8) is 0 Å². The summed E-state index contributed by atoms with van der Waals surface area (Å²) in [4.78, 5) is 28.9. The van der Waals surface area contributed by atoms with Gasteiger partial charge in [0.05, 0.1) is 11.1 Å². The summed E-state index contributed by atoms with van der Waals surface area (Å²) < 4.78 is 0. The molecule has 0 unspecified atom stereocenters. The molecular formula is C16H18N2O5. The lowest BCUT2D eigenvalue weighted by atomic mass is 10.0. The number of aromatic carboxylic acids is 2.